The first-order chi connectivity index (χ1) is 5.81. The van der Waals surface area contributed by atoms with Gasteiger partial charge in [0.25, 0.3) is 0 Å². The highest BCUT2D eigenvalue weighted by Gasteiger charge is 2.36. The van der Waals surface area contributed by atoms with Crippen molar-refractivity contribution in [1.29, 1.82) is 0 Å². The molecule has 1 N–H and O–H groups in total. The molecule has 0 aromatic heterocycles. The van der Waals surface area contributed by atoms with E-state index in [-0.39, 0.29) is 12.6 Å². The Kier molecular flexibility index (Phi) is 2.05. The van der Waals surface area contributed by atoms with Gasteiger partial charge in [-0.1, -0.05) is 6.42 Å². The summed E-state index contributed by atoms with van der Waals surface area (Å²) >= 11 is 0. The maximum absolute atomic E-state index is 11.3. The molecule has 2 fully saturated rings. The van der Waals surface area contributed by atoms with E-state index in [2.05, 4.69) is 0 Å². The Labute approximate surface area is 72.4 Å². The van der Waals surface area contributed by atoms with Crippen molar-refractivity contribution >= 4 is 5.91 Å². The van der Waals surface area contributed by atoms with E-state index in [1.165, 1.54) is 19.3 Å². The van der Waals surface area contributed by atoms with Crippen LogP contribution in [0.15, 0.2) is 0 Å². The molecule has 1 amide bonds. The number of hydrogen-bond donors (Lipinski definition) is 1. The van der Waals surface area contributed by atoms with Crippen molar-refractivity contribution < 1.29 is 9.90 Å². The van der Waals surface area contributed by atoms with Gasteiger partial charge in [-0.25, -0.2) is 0 Å². The third-order valence-corrected chi connectivity index (χ3v) is 3.23. The minimum Gasteiger partial charge on any atom is -0.376 e. The normalized spacial score (nSPS) is 35.4. The molecule has 0 aromatic rings. The van der Waals surface area contributed by atoms with Crippen LogP contribution >= 0.6 is 0 Å². The molecular weight excluding hydrogens is 154 g/mol. The van der Waals surface area contributed by atoms with Crippen LogP contribution < -0.4 is 0 Å². The molecule has 2 rings (SSSR count). The monoisotopic (exact) mass is 169 g/mol. The van der Waals surface area contributed by atoms with E-state index in [1.807, 2.05) is 0 Å². The van der Waals surface area contributed by atoms with Crippen molar-refractivity contribution in [3.63, 3.8) is 0 Å². The van der Waals surface area contributed by atoms with Gasteiger partial charge in [-0.2, -0.15) is 0 Å². The lowest BCUT2D eigenvalue weighted by Gasteiger charge is -2.33. The minimum atomic E-state index is -0.0952. The highest BCUT2D eigenvalue weighted by molar-refractivity contribution is 5.77. The van der Waals surface area contributed by atoms with Crippen molar-refractivity contribution in [2.75, 3.05) is 13.3 Å². The fraction of sp³-hybridized carbons (Fsp3) is 0.889. The molecule has 1 saturated heterocycles. The van der Waals surface area contributed by atoms with Crippen LogP contribution in [0.1, 0.15) is 25.7 Å². The van der Waals surface area contributed by atoms with Crippen LogP contribution in [0, 0.1) is 11.8 Å². The number of rotatable bonds is 1. The topological polar surface area (TPSA) is 40.5 Å². The number of carbonyl (C=O) groups is 1. The van der Waals surface area contributed by atoms with Crippen LogP contribution in [0.5, 0.6) is 0 Å². The Bertz CT molecular complexity index is 193. The van der Waals surface area contributed by atoms with Crippen LogP contribution in [0.2, 0.25) is 0 Å². The summed E-state index contributed by atoms with van der Waals surface area (Å²) in [6.45, 7) is 0.696. The standard InChI is InChI=1S/C9H15NO2/c11-6-10-5-8-3-1-2-7(8)4-9(10)12/h7-8,11H,1-6H2/t7-,8-/m1/s1. The summed E-state index contributed by atoms with van der Waals surface area (Å²) in [6, 6.07) is 0. The average Bonchev–Trinajstić information content (AvgIpc) is 2.49. The number of amides is 1. The van der Waals surface area contributed by atoms with E-state index in [0.29, 0.717) is 18.3 Å². The van der Waals surface area contributed by atoms with E-state index in [4.69, 9.17) is 5.11 Å². The molecule has 3 nitrogen and oxygen atoms in total. The van der Waals surface area contributed by atoms with Gasteiger partial charge >= 0.3 is 0 Å². The van der Waals surface area contributed by atoms with Gasteiger partial charge in [0.2, 0.25) is 5.91 Å². The first-order valence-corrected chi connectivity index (χ1v) is 4.70. The first kappa shape index (κ1) is 8.05. The molecular formula is C9H15NO2. The number of nitrogens with zero attached hydrogens (tertiary/aromatic N) is 1. The van der Waals surface area contributed by atoms with E-state index in [0.717, 1.165) is 6.54 Å². The van der Waals surface area contributed by atoms with Crippen molar-refractivity contribution in [3.05, 3.63) is 0 Å². The number of hydrogen-bond acceptors (Lipinski definition) is 2. The molecule has 0 spiro atoms. The third-order valence-electron chi connectivity index (χ3n) is 3.23. The Morgan fingerprint density at radius 3 is 2.92 bits per heavy atom. The highest BCUT2D eigenvalue weighted by Crippen LogP contribution is 2.37. The minimum absolute atomic E-state index is 0.0952. The molecule has 3 heteroatoms. The molecule has 2 atom stereocenters. The number of likely N-dealkylation sites (tertiary alicyclic amines) is 1. The SMILES string of the molecule is O=C1C[C@H]2CCC[C@@H]2CN1CO. The third kappa shape index (κ3) is 1.22. The zero-order valence-corrected chi connectivity index (χ0v) is 7.20. The maximum Gasteiger partial charge on any atom is 0.224 e. The lowest BCUT2D eigenvalue weighted by atomic mass is 9.88. The number of carbonyl (C=O) groups excluding carboxylic acids is 1. The summed E-state index contributed by atoms with van der Waals surface area (Å²) in [7, 11) is 0. The lowest BCUT2D eigenvalue weighted by Crippen LogP contribution is -2.43. The highest BCUT2D eigenvalue weighted by atomic mass is 16.3. The van der Waals surface area contributed by atoms with Crippen LogP contribution in [-0.2, 0) is 4.79 Å². The molecule has 0 aromatic carbocycles. The summed E-state index contributed by atoms with van der Waals surface area (Å²) in [6.07, 6.45) is 4.40. The Hall–Kier alpha value is -0.570. The molecule has 1 aliphatic carbocycles. The van der Waals surface area contributed by atoms with Gasteiger partial charge in [-0.15, -0.1) is 0 Å². The second-order valence-electron chi connectivity index (χ2n) is 3.91. The van der Waals surface area contributed by atoms with Crippen molar-refractivity contribution in [2.24, 2.45) is 11.8 Å². The van der Waals surface area contributed by atoms with E-state index in [1.54, 1.807) is 4.90 Å². The van der Waals surface area contributed by atoms with Crippen LogP contribution in [0.3, 0.4) is 0 Å². The molecule has 68 valence electrons. The van der Waals surface area contributed by atoms with Gasteiger partial charge in [0, 0.05) is 13.0 Å². The first-order valence-electron chi connectivity index (χ1n) is 4.70. The number of aliphatic hydroxyl groups is 1. The smallest absolute Gasteiger partial charge is 0.224 e. The molecule has 0 bridgehead atoms. The molecule has 12 heavy (non-hydrogen) atoms. The number of aliphatic hydroxyl groups excluding tert-OH is 1. The van der Waals surface area contributed by atoms with E-state index in [9.17, 15) is 4.79 Å². The molecule has 0 radical (unpaired) electrons. The predicted octanol–water partition coefficient (Wildman–Crippen LogP) is 0.585. The van der Waals surface area contributed by atoms with E-state index < -0.39 is 0 Å². The predicted molar refractivity (Wildman–Crippen MR) is 44.2 cm³/mol. The van der Waals surface area contributed by atoms with Gasteiger partial charge < -0.3 is 10.0 Å². The summed E-state index contributed by atoms with van der Waals surface area (Å²) in [5, 5.41) is 8.89. The van der Waals surface area contributed by atoms with Gasteiger partial charge in [-0.05, 0) is 24.7 Å². The lowest BCUT2D eigenvalue weighted by molar-refractivity contribution is -0.140. The van der Waals surface area contributed by atoms with Crippen LogP contribution in [0.4, 0.5) is 0 Å². The maximum atomic E-state index is 11.3. The number of fused-ring (bicyclic) bond motifs is 1. The van der Waals surface area contributed by atoms with Gasteiger partial charge in [0.15, 0.2) is 0 Å². The van der Waals surface area contributed by atoms with Gasteiger partial charge in [0.1, 0.15) is 6.73 Å². The largest absolute Gasteiger partial charge is 0.376 e. The quantitative estimate of drug-likeness (QED) is 0.624. The second kappa shape index (κ2) is 3.05. The van der Waals surface area contributed by atoms with Crippen molar-refractivity contribution in [3.8, 4) is 0 Å². The fourth-order valence-corrected chi connectivity index (χ4v) is 2.50. The summed E-state index contributed by atoms with van der Waals surface area (Å²) in [4.78, 5) is 12.9. The van der Waals surface area contributed by atoms with Crippen LogP contribution in [0.25, 0.3) is 0 Å². The Balaban J connectivity index is 2.03. The van der Waals surface area contributed by atoms with Crippen molar-refractivity contribution in [1.82, 2.24) is 4.90 Å². The van der Waals surface area contributed by atoms with Gasteiger partial charge in [0.05, 0.1) is 0 Å². The van der Waals surface area contributed by atoms with Crippen molar-refractivity contribution in [2.45, 2.75) is 25.7 Å². The summed E-state index contributed by atoms with van der Waals surface area (Å²) < 4.78 is 0. The fourth-order valence-electron chi connectivity index (χ4n) is 2.50. The van der Waals surface area contributed by atoms with Crippen LogP contribution in [-0.4, -0.2) is 29.2 Å². The summed E-state index contributed by atoms with van der Waals surface area (Å²) in [5.41, 5.74) is 0. The zero-order chi connectivity index (χ0) is 8.55. The Morgan fingerprint density at radius 2 is 2.17 bits per heavy atom. The molecule has 1 saturated carbocycles. The molecule has 1 heterocycles. The average molecular weight is 169 g/mol. The second-order valence-corrected chi connectivity index (χ2v) is 3.91. The molecule has 0 unspecified atom stereocenters. The van der Waals surface area contributed by atoms with Gasteiger partial charge in [-0.3, -0.25) is 4.79 Å². The molecule has 2 aliphatic rings. The number of piperidine rings is 1. The summed E-state index contributed by atoms with van der Waals surface area (Å²) in [5.74, 6) is 1.44. The van der Waals surface area contributed by atoms with E-state index >= 15 is 0 Å². The molecule has 1 aliphatic heterocycles. The zero-order valence-electron chi connectivity index (χ0n) is 7.20. The Morgan fingerprint density at radius 1 is 1.42 bits per heavy atom.